The predicted octanol–water partition coefficient (Wildman–Crippen LogP) is 3.38. The van der Waals surface area contributed by atoms with Crippen molar-refractivity contribution in [2.24, 2.45) is 0 Å². The first-order valence-electron chi connectivity index (χ1n) is 5.92. The zero-order valence-corrected chi connectivity index (χ0v) is 11.7. The first-order valence-corrected chi connectivity index (χ1v) is 7.35. The van der Waals surface area contributed by atoms with Gasteiger partial charge in [0.25, 0.3) is 0 Å². The number of carbonyl (C=O) groups excluding carboxylic acids is 1. The van der Waals surface area contributed by atoms with Gasteiger partial charge >= 0.3 is 0 Å². The van der Waals surface area contributed by atoms with Crippen molar-refractivity contribution >= 4 is 29.3 Å². The molecule has 1 N–H and O–H groups in total. The molecule has 2 rings (SSSR count). The Morgan fingerprint density at radius 2 is 2.33 bits per heavy atom. The predicted molar refractivity (Wildman–Crippen MR) is 73.3 cm³/mol. The van der Waals surface area contributed by atoms with E-state index >= 15 is 0 Å². The van der Waals surface area contributed by atoms with Crippen LogP contribution in [0.2, 0.25) is 5.02 Å². The van der Waals surface area contributed by atoms with Gasteiger partial charge in [-0.25, -0.2) is 4.39 Å². The van der Waals surface area contributed by atoms with Gasteiger partial charge in [-0.1, -0.05) is 17.7 Å². The lowest BCUT2D eigenvalue weighted by Crippen LogP contribution is -2.32. The molecular formula is C13H15ClFNOS. The van der Waals surface area contributed by atoms with E-state index in [-0.39, 0.29) is 17.0 Å². The molecule has 0 heterocycles. The van der Waals surface area contributed by atoms with Crippen molar-refractivity contribution in [3.05, 3.63) is 34.6 Å². The summed E-state index contributed by atoms with van der Waals surface area (Å²) >= 11 is 7.44. The SMILES string of the molecule is CC(SCc1ccc(F)cc1Cl)C(=O)NC1CC1. The second-order valence-corrected chi connectivity index (χ2v) is 6.21. The molecular weight excluding hydrogens is 273 g/mol. The Hall–Kier alpha value is -0.740. The number of rotatable bonds is 5. The van der Waals surface area contributed by atoms with Gasteiger partial charge in [0.05, 0.1) is 5.25 Å². The first-order chi connectivity index (χ1) is 8.56. The number of benzene rings is 1. The highest BCUT2D eigenvalue weighted by molar-refractivity contribution is 7.99. The Bertz CT molecular complexity index is 451. The van der Waals surface area contributed by atoms with Gasteiger partial charge in [-0.15, -0.1) is 11.8 Å². The lowest BCUT2D eigenvalue weighted by molar-refractivity contribution is -0.120. The molecule has 0 radical (unpaired) electrons. The molecule has 18 heavy (non-hydrogen) atoms. The molecule has 2 nitrogen and oxygen atoms in total. The van der Waals surface area contributed by atoms with Crippen LogP contribution in [-0.2, 0) is 10.5 Å². The Kier molecular flexibility index (Phi) is 4.51. The molecule has 1 aromatic rings. The van der Waals surface area contributed by atoms with Crippen molar-refractivity contribution in [3.8, 4) is 0 Å². The average Bonchev–Trinajstić information content (AvgIpc) is 3.11. The Morgan fingerprint density at radius 1 is 1.61 bits per heavy atom. The fourth-order valence-corrected chi connectivity index (χ4v) is 2.69. The smallest absolute Gasteiger partial charge is 0.233 e. The van der Waals surface area contributed by atoms with Gasteiger partial charge in [0, 0.05) is 16.8 Å². The Morgan fingerprint density at radius 3 is 2.94 bits per heavy atom. The molecule has 1 amide bonds. The molecule has 1 aromatic carbocycles. The third-order valence-electron chi connectivity index (χ3n) is 2.80. The fourth-order valence-electron chi connectivity index (χ4n) is 1.48. The summed E-state index contributed by atoms with van der Waals surface area (Å²) in [5, 5.41) is 3.26. The zero-order chi connectivity index (χ0) is 13.1. The lowest BCUT2D eigenvalue weighted by Gasteiger charge is -2.12. The van der Waals surface area contributed by atoms with Crippen molar-refractivity contribution in [1.82, 2.24) is 5.32 Å². The van der Waals surface area contributed by atoms with Gasteiger partial charge < -0.3 is 5.32 Å². The Labute approximate surface area is 115 Å². The van der Waals surface area contributed by atoms with Crippen LogP contribution in [0.25, 0.3) is 0 Å². The van der Waals surface area contributed by atoms with E-state index in [2.05, 4.69) is 5.32 Å². The van der Waals surface area contributed by atoms with Crippen LogP contribution in [0.5, 0.6) is 0 Å². The van der Waals surface area contributed by atoms with Gasteiger partial charge in [-0.05, 0) is 37.5 Å². The molecule has 0 aliphatic heterocycles. The van der Waals surface area contributed by atoms with Crippen molar-refractivity contribution in [2.75, 3.05) is 0 Å². The average molecular weight is 288 g/mol. The molecule has 0 aromatic heterocycles. The fraction of sp³-hybridized carbons (Fsp3) is 0.462. The number of hydrogen-bond acceptors (Lipinski definition) is 2. The van der Waals surface area contributed by atoms with Crippen molar-refractivity contribution < 1.29 is 9.18 Å². The summed E-state index contributed by atoms with van der Waals surface area (Å²) in [6, 6.07) is 4.73. The third kappa shape index (κ3) is 3.89. The molecule has 1 aliphatic rings. The van der Waals surface area contributed by atoms with Crippen molar-refractivity contribution in [3.63, 3.8) is 0 Å². The van der Waals surface area contributed by atoms with E-state index in [1.54, 1.807) is 6.07 Å². The molecule has 5 heteroatoms. The van der Waals surface area contributed by atoms with Crippen molar-refractivity contribution in [1.29, 1.82) is 0 Å². The minimum atomic E-state index is -0.340. The van der Waals surface area contributed by atoms with Gasteiger partial charge in [-0.3, -0.25) is 4.79 Å². The van der Waals surface area contributed by atoms with E-state index in [1.807, 2.05) is 6.92 Å². The van der Waals surface area contributed by atoms with Gasteiger partial charge in [0.1, 0.15) is 5.82 Å². The summed E-state index contributed by atoms with van der Waals surface area (Å²) in [5.41, 5.74) is 0.856. The normalized spacial score (nSPS) is 16.4. The first kappa shape index (κ1) is 13.7. The molecule has 98 valence electrons. The number of thioether (sulfide) groups is 1. The van der Waals surface area contributed by atoms with Gasteiger partial charge in [-0.2, -0.15) is 0 Å². The largest absolute Gasteiger partial charge is 0.352 e. The quantitative estimate of drug-likeness (QED) is 0.899. The van der Waals surface area contributed by atoms with Crippen LogP contribution in [-0.4, -0.2) is 17.2 Å². The molecule has 1 fully saturated rings. The van der Waals surface area contributed by atoms with E-state index in [0.717, 1.165) is 18.4 Å². The number of carbonyl (C=O) groups is 1. The summed E-state index contributed by atoms with van der Waals surface area (Å²) in [7, 11) is 0. The Balaban J connectivity index is 1.84. The maximum atomic E-state index is 12.9. The molecule has 0 bridgehead atoms. The van der Waals surface area contributed by atoms with Gasteiger partial charge in [0.2, 0.25) is 5.91 Å². The summed E-state index contributed by atoms with van der Waals surface area (Å²) in [4.78, 5) is 11.7. The number of nitrogens with one attached hydrogen (secondary N) is 1. The second-order valence-electron chi connectivity index (χ2n) is 4.47. The molecule has 1 unspecified atom stereocenters. The van der Waals surface area contributed by atoms with E-state index in [4.69, 9.17) is 11.6 Å². The highest BCUT2D eigenvalue weighted by Gasteiger charge is 2.25. The van der Waals surface area contributed by atoms with Crippen LogP contribution in [0.3, 0.4) is 0 Å². The third-order valence-corrected chi connectivity index (χ3v) is 4.34. The van der Waals surface area contributed by atoms with E-state index in [1.165, 1.54) is 23.9 Å². The molecule has 1 saturated carbocycles. The number of halogens is 2. The summed E-state index contributed by atoms with van der Waals surface area (Å²) < 4.78 is 12.9. The van der Waals surface area contributed by atoms with E-state index < -0.39 is 0 Å². The lowest BCUT2D eigenvalue weighted by atomic mass is 10.2. The zero-order valence-electron chi connectivity index (χ0n) is 10.1. The van der Waals surface area contributed by atoms with Crippen LogP contribution in [0.15, 0.2) is 18.2 Å². The highest BCUT2D eigenvalue weighted by Crippen LogP contribution is 2.25. The van der Waals surface area contributed by atoms with Crippen LogP contribution in [0.1, 0.15) is 25.3 Å². The van der Waals surface area contributed by atoms with Gasteiger partial charge in [0.15, 0.2) is 0 Å². The molecule has 0 spiro atoms. The topological polar surface area (TPSA) is 29.1 Å². The monoisotopic (exact) mass is 287 g/mol. The van der Waals surface area contributed by atoms with Crippen LogP contribution in [0, 0.1) is 5.82 Å². The van der Waals surface area contributed by atoms with Crippen LogP contribution >= 0.6 is 23.4 Å². The van der Waals surface area contributed by atoms with Crippen LogP contribution < -0.4 is 5.32 Å². The van der Waals surface area contributed by atoms with Crippen LogP contribution in [0.4, 0.5) is 4.39 Å². The summed E-state index contributed by atoms with van der Waals surface area (Å²) in [5.74, 6) is 0.340. The minimum Gasteiger partial charge on any atom is -0.352 e. The summed E-state index contributed by atoms with van der Waals surface area (Å²) in [6.07, 6.45) is 2.18. The van der Waals surface area contributed by atoms with Crippen molar-refractivity contribution in [2.45, 2.75) is 36.8 Å². The molecule has 1 atom stereocenters. The summed E-state index contributed by atoms with van der Waals surface area (Å²) in [6.45, 7) is 1.87. The molecule has 1 aliphatic carbocycles. The van der Waals surface area contributed by atoms with E-state index in [9.17, 15) is 9.18 Å². The number of hydrogen-bond donors (Lipinski definition) is 1. The molecule has 0 saturated heterocycles. The standard InChI is InChI=1S/C13H15ClFNOS/c1-8(13(17)16-11-4-5-11)18-7-9-2-3-10(15)6-12(9)14/h2-3,6,8,11H,4-5,7H2,1H3,(H,16,17). The minimum absolute atomic E-state index is 0.0701. The number of amides is 1. The maximum absolute atomic E-state index is 12.9. The highest BCUT2D eigenvalue weighted by atomic mass is 35.5. The van der Waals surface area contributed by atoms with E-state index in [0.29, 0.717) is 16.8 Å². The maximum Gasteiger partial charge on any atom is 0.233 e. The second kappa shape index (κ2) is 5.93.